The van der Waals surface area contributed by atoms with Crippen molar-refractivity contribution in [2.24, 2.45) is 5.92 Å². The molecule has 0 bridgehead atoms. The summed E-state index contributed by atoms with van der Waals surface area (Å²) in [5.74, 6) is 0.00795. The molecule has 0 amide bonds. The van der Waals surface area contributed by atoms with Gasteiger partial charge in [-0.3, -0.25) is 4.90 Å². The van der Waals surface area contributed by atoms with Gasteiger partial charge in [-0.15, -0.1) is 0 Å². The first-order chi connectivity index (χ1) is 8.68. The van der Waals surface area contributed by atoms with Crippen LogP contribution in [0.1, 0.15) is 45.4 Å². The van der Waals surface area contributed by atoms with Crippen LogP contribution in [0.25, 0.3) is 0 Å². The van der Waals surface area contributed by atoms with Gasteiger partial charge in [-0.1, -0.05) is 12.8 Å². The van der Waals surface area contributed by atoms with Gasteiger partial charge < -0.3 is 9.84 Å². The fraction of sp³-hybridized carbons (Fsp3) is 0.929. The normalized spacial score (nSPS) is 30.7. The first-order valence-electron chi connectivity index (χ1n) is 7.27. The minimum absolute atomic E-state index is 0.538. The average molecular weight is 255 g/mol. The molecule has 0 aromatic rings. The van der Waals surface area contributed by atoms with Crippen molar-refractivity contribution >= 4 is 5.97 Å². The molecule has 1 saturated heterocycles. The smallest absolute Gasteiger partial charge is 0.332 e. The summed E-state index contributed by atoms with van der Waals surface area (Å²) < 4.78 is 5.34. The molecule has 0 radical (unpaired) electrons. The molecule has 2 fully saturated rings. The Balaban J connectivity index is 1.75. The second kappa shape index (κ2) is 6.53. The fourth-order valence-corrected chi connectivity index (χ4v) is 3.42. The van der Waals surface area contributed by atoms with E-state index in [0.717, 1.165) is 25.0 Å². The number of piperidine rings is 1. The van der Waals surface area contributed by atoms with Gasteiger partial charge in [0.1, 0.15) is 0 Å². The second-order valence-electron chi connectivity index (χ2n) is 5.64. The van der Waals surface area contributed by atoms with Crippen molar-refractivity contribution in [2.75, 3.05) is 19.7 Å². The van der Waals surface area contributed by atoms with E-state index in [4.69, 9.17) is 9.84 Å². The van der Waals surface area contributed by atoms with Gasteiger partial charge in [-0.25, -0.2) is 4.79 Å². The highest BCUT2D eigenvalue weighted by Crippen LogP contribution is 2.34. The number of carbonyl (C=O) groups is 1. The number of hydrogen-bond donors (Lipinski definition) is 1. The molecule has 2 rings (SSSR count). The SMILES string of the molecule is CC(OCCN1CCCC2CCCCC21)C(=O)O. The Bertz CT molecular complexity index is 280. The summed E-state index contributed by atoms with van der Waals surface area (Å²) in [7, 11) is 0. The summed E-state index contributed by atoms with van der Waals surface area (Å²) in [6.45, 7) is 4.18. The Hall–Kier alpha value is -0.610. The van der Waals surface area contributed by atoms with Crippen molar-refractivity contribution in [3.05, 3.63) is 0 Å². The maximum Gasteiger partial charge on any atom is 0.332 e. The van der Waals surface area contributed by atoms with Crippen LogP contribution in [-0.2, 0) is 9.53 Å². The quantitative estimate of drug-likeness (QED) is 0.817. The summed E-state index contributed by atoms with van der Waals surface area (Å²) in [5, 5.41) is 8.77. The molecule has 1 N–H and O–H groups in total. The van der Waals surface area contributed by atoms with Crippen LogP contribution in [0.4, 0.5) is 0 Å². The second-order valence-corrected chi connectivity index (χ2v) is 5.64. The summed E-state index contributed by atoms with van der Waals surface area (Å²) >= 11 is 0. The third-order valence-corrected chi connectivity index (χ3v) is 4.45. The summed E-state index contributed by atoms with van der Waals surface area (Å²) in [5.41, 5.74) is 0. The van der Waals surface area contributed by atoms with Crippen molar-refractivity contribution in [3.8, 4) is 0 Å². The minimum Gasteiger partial charge on any atom is -0.479 e. The molecule has 2 aliphatic rings. The molecule has 18 heavy (non-hydrogen) atoms. The zero-order chi connectivity index (χ0) is 13.0. The Morgan fingerprint density at radius 3 is 2.83 bits per heavy atom. The number of hydrogen-bond acceptors (Lipinski definition) is 3. The fourth-order valence-electron chi connectivity index (χ4n) is 3.42. The van der Waals surface area contributed by atoms with Gasteiger partial charge in [0.2, 0.25) is 0 Å². The van der Waals surface area contributed by atoms with E-state index in [-0.39, 0.29) is 0 Å². The van der Waals surface area contributed by atoms with Crippen LogP contribution in [0.5, 0.6) is 0 Å². The number of rotatable bonds is 5. The van der Waals surface area contributed by atoms with Gasteiger partial charge in [0, 0.05) is 12.6 Å². The van der Waals surface area contributed by atoms with Crippen LogP contribution < -0.4 is 0 Å². The molecule has 104 valence electrons. The third kappa shape index (κ3) is 3.45. The topological polar surface area (TPSA) is 49.8 Å². The van der Waals surface area contributed by atoms with Crippen molar-refractivity contribution in [3.63, 3.8) is 0 Å². The van der Waals surface area contributed by atoms with E-state index in [1.54, 1.807) is 6.92 Å². The van der Waals surface area contributed by atoms with E-state index in [2.05, 4.69) is 4.90 Å². The highest BCUT2D eigenvalue weighted by molar-refractivity contribution is 5.71. The van der Waals surface area contributed by atoms with Gasteiger partial charge in [0.15, 0.2) is 6.10 Å². The Morgan fingerprint density at radius 1 is 1.33 bits per heavy atom. The summed E-state index contributed by atoms with van der Waals surface area (Å²) in [4.78, 5) is 13.2. The molecule has 1 aliphatic carbocycles. The lowest BCUT2D eigenvalue weighted by Crippen LogP contribution is -2.48. The molecule has 4 nitrogen and oxygen atoms in total. The Morgan fingerprint density at radius 2 is 2.06 bits per heavy atom. The molecule has 4 heteroatoms. The number of carboxylic acid groups (broad SMARTS) is 1. The van der Waals surface area contributed by atoms with Crippen LogP contribution in [0.2, 0.25) is 0 Å². The zero-order valence-corrected chi connectivity index (χ0v) is 11.3. The number of fused-ring (bicyclic) bond motifs is 1. The van der Waals surface area contributed by atoms with Crippen LogP contribution in [0.3, 0.4) is 0 Å². The zero-order valence-electron chi connectivity index (χ0n) is 11.3. The van der Waals surface area contributed by atoms with E-state index >= 15 is 0 Å². The molecule has 0 aromatic carbocycles. The van der Waals surface area contributed by atoms with E-state index in [1.807, 2.05) is 0 Å². The lowest BCUT2D eigenvalue weighted by molar-refractivity contribution is -0.149. The Labute approximate surface area is 109 Å². The maximum absolute atomic E-state index is 10.7. The molecule has 3 atom stereocenters. The van der Waals surface area contributed by atoms with E-state index < -0.39 is 12.1 Å². The van der Waals surface area contributed by atoms with E-state index in [9.17, 15) is 4.79 Å². The molecule has 1 saturated carbocycles. The predicted molar refractivity (Wildman–Crippen MR) is 69.6 cm³/mol. The highest BCUT2D eigenvalue weighted by atomic mass is 16.5. The first kappa shape index (κ1) is 13.8. The van der Waals surface area contributed by atoms with Crippen molar-refractivity contribution in [2.45, 2.75) is 57.6 Å². The standard InChI is InChI=1S/C14H25NO3/c1-11(14(16)17)18-10-9-15-8-4-6-12-5-2-3-7-13(12)15/h11-13H,2-10H2,1H3,(H,16,17). The summed E-state index contributed by atoms with van der Waals surface area (Å²) in [6.07, 6.45) is 7.43. The van der Waals surface area contributed by atoms with Gasteiger partial charge in [0.05, 0.1) is 6.61 Å². The number of nitrogens with zero attached hydrogens (tertiary/aromatic N) is 1. The molecule has 1 heterocycles. The Kier molecular flexibility index (Phi) is 5.01. The predicted octanol–water partition coefficient (Wildman–Crippen LogP) is 2.13. The van der Waals surface area contributed by atoms with Crippen LogP contribution >= 0.6 is 0 Å². The molecule has 3 unspecified atom stereocenters. The number of ether oxygens (including phenoxy) is 1. The van der Waals surface area contributed by atoms with Gasteiger partial charge >= 0.3 is 5.97 Å². The van der Waals surface area contributed by atoms with E-state index in [0.29, 0.717) is 6.61 Å². The molecule has 1 aliphatic heterocycles. The number of likely N-dealkylation sites (tertiary alicyclic amines) is 1. The van der Waals surface area contributed by atoms with Crippen molar-refractivity contribution < 1.29 is 14.6 Å². The van der Waals surface area contributed by atoms with Gasteiger partial charge in [0.25, 0.3) is 0 Å². The number of carboxylic acids is 1. The van der Waals surface area contributed by atoms with E-state index in [1.165, 1.54) is 38.5 Å². The number of aliphatic carboxylic acids is 1. The minimum atomic E-state index is -0.871. The third-order valence-electron chi connectivity index (χ3n) is 4.45. The average Bonchev–Trinajstić information content (AvgIpc) is 2.38. The molecular formula is C14H25NO3. The highest BCUT2D eigenvalue weighted by Gasteiger charge is 2.32. The van der Waals surface area contributed by atoms with Crippen LogP contribution in [0, 0.1) is 5.92 Å². The maximum atomic E-state index is 10.7. The van der Waals surface area contributed by atoms with Crippen molar-refractivity contribution in [1.82, 2.24) is 4.90 Å². The summed E-state index contributed by atoms with van der Waals surface area (Å²) in [6, 6.07) is 0.733. The lowest BCUT2D eigenvalue weighted by atomic mass is 9.78. The molecule has 0 spiro atoms. The lowest BCUT2D eigenvalue weighted by Gasteiger charge is -2.44. The van der Waals surface area contributed by atoms with Crippen LogP contribution in [-0.4, -0.2) is 47.8 Å². The van der Waals surface area contributed by atoms with Crippen molar-refractivity contribution in [1.29, 1.82) is 0 Å². The van der Waals surface area contributed by atoms with Gasteiger partial charge in [-0.2, -0.15) is 0 Å². The molecule has 0 aromatic heterocycles. The monoisotopic (exact) mass is 255 g/mol. The molecular weight excluding hydrogens is 230 g/mol. The first-order valence-corrected chi connectivity index (χ1v) is 7.27. The largest absolute Gasteiger partial charge is 0.479 e. The van der Waals surface area contributed by atoms with Crippen LogP contribution in [0.15, 0.2) is 0 Å². The van der Waals surface area contributed by atoms with Gasteiger partial charge in [-0.05, 0) is 45.1 Å².